The zero-order valence-electron chi connectivity index (χ0n) is 12.1. The van der Waals surface area contributed by atoms with E-state index in [4.69, 9.17) is 0 Å². The second kappa shape index (κ2) is 7.22. The first-order chi connectivity index (χ1) is 10.8. The van der Waals surface area contributed by atoms with Crippen molar-refractivity contribution in [3.05, 3.63) is 102 Å². The third kappa shape index (κ3) is 3.54. The molecule has 0 radical (unpaired) electrons. The Labute approximate surface area is 137 Å². The van der Waals surface area contributed by atoms with Crippen LogP contribution in [-0.2, 0) is 4.79 Å². The maximum absolute atomic E-state index is 12.9. The predicted molar refractivity (Wildman–Crippen MR) is 91.6 cm³/mol. The van der Waals surface area contributed by atoms with Gasteiger partial charge in [0.2, 0.25) is 0 Å². The van der Waals surface area contributed by atoms with Gasteiger partial charge in [0.15, 0.2) is 0 Å². The van der Waals surface area contributed by atoms with Gasteiger partial charge in [0.25, 0.3) is 0 Å². The van der Waals surface area contributed by atoms with Crippen LogP contribution in [0.4, 0.5) is 0 Å². The molecule has 1 nitrogen and oxygen atoms in total. The average Bonchev–Trinajstić information content (AvgIpc) is 2.58. The van der Waals surface area contributed by atoms with Crippen molar-refractivity contribution >= 4 is 24.1 Å². The van der Waals surface area contributed by atoms with E-state index in [9.17, 15) is 4.79 Å². The summed E-state index contributed by atoms with van der Waals surface area (Å²) in [4.78, 5) is 12.9. The molecule has 0 N–H and O–H groups in total. The van der Waals surface area contributed by atoms with Gasteiger partial charge in [0.1, 0.15) is 0 Å². The molecule has 0 heterocycles. The molecule has 3 aromatic rings. The number of rotatable bonds is 5. The summed E-state index contributed by atoms with van der Waals surface area (Å²) in [6.45, 7) is 0. The summed E-state index contributed by atoms with van der Waals surface area (Å²) < 4.78 is 1.41. The molecule has 0 aliphatic heterocycles. The van der Waals surface area contributed by atoms with Crippen LogP contribution in [-0.4, -0.2) is 19.6 Å². The molecule has 0 spiro atoms. The van der Waals surface area contributed by atoms with Crippen molar-refractivity contribution < 1.29 is 4.79 Å². The van der Waals surface area contributed by atoms with E-state index in [0.29, 0.717) is 0 Å². The molecule has 22 heavy (non-hydrogen) atoms. The molecule has 2 heteroatoms. The van der Waals surface area contributed by atoms with E-state index in [2.05, 4.69) is 0 Å². The van der Waals surface area contributed by atoms with Gasteiger partial charge in [-0.25, -0.2) is 0 Å². The van der Waals surface area contributed by atoms with Gasteiger partial charge in [-0.2, -0.15) is 0 Å². The number of hydrogen-bond acceptors (Lipinski definition) is 1. The summed E-state index contributed by atoms with van der Waals surface area (Å²) in [7, 11) is 0. The molecular formula is C20H16OSe. The summed E-state index contributed by atoms with van der Waals surface area (Å²) in [5.74, 6) is -0.178. The van der Waals surface area contributed by atoms with Crippen molar-refractivity contribution in [3.63, 3.8) is 0 Å². The quantitative estimate of drug-likeness (QED) is 0.644. The summed E-state index contributed by atoms with van der Waals surface area (Å²) in [6, 6.07) is 30.1. The molecule has 0 amide bonds. The van der Waals surface area contributed by atoms with Crippen LogP contribution in [0, 0.1) is 0 Å². The number of carbonyl (C=O) groups is 1. The number of carbonyl (C=O) groups excluding carboxylic acids is 1. The van der Waals surface area contributed by atoms with Gasteiger partial charge < -0.3 is 0 Å². The first-order valence-electron chi connectivity index (χ1n) is 7.21. The Morgan fingerprint density at radius 2 is 1.05 bits per heavy atom. The summed E-state index contributed by atoms with van der Waals surface area (Å²) in [5.41, 5.74) is 2.13. The fraction of sp³-hybridized carbons (Fsp3) is 0.0500. The number of benzene rings is 3. The van der Waals surface area contributed by atoms with E-state index in [0.717, 1.165) is 15.6 Å². The third-order valence-corrected chi connectivity index (χ3v) is 5.45. The predicted octanol–water partition coefficient (Wildman–Crippen LogP) is 3.37. The molecule has 0 aliphatic carbocycles. The van der Waals surface area contributed by atoms with Crippen LogP contribution in [0.1, 0.15) is 17.0 Å². The van der Waals surface area contributed by atoms with Crippen LogP contribution in [0.5, 0.6) is 0 Å². The number of hydrogen-bond donors (Lipinski definition) is 0. The second-order valence-electron chi connectivity index (χ2n) is 4.99. The Balaban J connectivity index is 1.94. The van der Waals surface area contributed by atoms with Crippen molar-refractivity contribution in [1.29, 1.82) is 0 Å². The van der Waals surface area contributed by atoms with Crippen LogP contribution in [0.25, 0.3) is 0 Å². The molecule has 108 valence electrons. The normalized spacial score (nSPS) is 10.6. The van der Waals surface area contributed by atoms with E-state index in [1.165, 1.54) is 0 Å². The minimum absolute atomic E-state index is 0.178. The zero-order valence-corrected chi connectivity index (χ0v) is 13.8. The van der Waals surface area contributed by atoms with E-state index in [1.807, 2.05) is 91.0 Å². The van der Waals surface area contributed by atoms with Gasteiger partial charge in [0, 0.05) is 0 Å². The molecule has 0 aliphatic rings. The second-order valence-corrected chi connectivity index (χ2v) is 7.25. The summed E-state index contributed by atoms with van der Waals surface area (Å²) >= 11 is -0.183. The van der Waals surface area contributed by atoms with Gasteiger partial charge in [-0.15, -0.1) is 0 Å². The van der Waals surface area contributed by atoms with E-state index in [1.54, 1.807) is 0 Å². The van der Waals surface area contributed by atoms with Crippen molar-refractivity contribution in [1.82, 2.24) is 0 Å². The molecule has 0 unspecified atom stereocenters. The van der Waals surface area contributed by atoms with Crippen LogP contribution < -0.4 is 4.46 Å². The van der Waals surface area contributed by atoms with Crippen LogP contribution in [0.3, 0.4) is 0 Å². The van der Waals surface area contributed by atoms with Crippen molar-refractivity contribution in [2.45, 2.75) is 5.92 Å². The monoisotopic (exact) mass is 352 g/mol. The first kappa shape index (κ1) is 14.8. The molecule has 0 atom stereocenters. The molecule has 0 fully saturated rings. The zero-order chi connectivity index (χ0) is 15.2. The fourth-order valence-electron chi connectivity index (χ4n) is 2.42. The molecule has 0 saturated carbocycles. The third-order valence-electron chi connectivity index (χ3n) is 3.46. The van der Waals surface area contributed by atoms with Crippen molar-refractivity contribution in [2.75, 3.05) is 0 Å². The van der Waals surface area contributed by atoms with Gasteiger partial charge >= 0.3 is 137 Å². The van der Waals surface area contributed by atoms with Crippen LogP contribution in [0.15, 0.2) is 91.0 Å². The SMILES string of the molecule is O=C([Se]c1ccccc1)C(c1ccccc1)c1ccccc1. The Bertz CT molecular complexity index is 684. The van der Waals surface area contributed by atoms with E-state index >= 15 is 0 Å². The summed E-state index contributed by atoms with van der Waals surface area (Å²) in [6.07, 6.45) is 0. The van der Waals surface area contributed by atoms with Gasteiger partial charge in [-0.05, 0) is 0 Å². The van der Waals surface area contributed by atoms with E-state index in [-0.39, 0.29) is 25.6 Å². The minimum atomic E-state index is -0.183. The Hall–Kier alpha value is -2.15. The molecule has 0 aromatic heterocycles. The van der Waals surface area contributed by atoms with Crippen LogP contribution in [0.2, 0.25) is 0 Å². The Morgan fingerprint density at radius 3 is 1.50 bits per heavy atom. The average molecular weight is 351 g/mol. The summed E-state index contributed by atoms with van der Waals surface area (Å²) in [5, 5.41) is 0. The molecule has 3 aromatic carbocycles. The molecule has 0 bridgehead atoms. The standard InChI is InChI=1S/C20H16OSe/c21-20(22-18-14-8-3-9-15-18)19(16-10-4-1-5-11-16)17-12-6-2-7-13-17/h1-15,19H. The van der Waals surface area contributed by atoms with E-state index < -0.39 is 0 Å². The topological polar surface area (TPSA) is 17.1 Å². The Kier molecular flexibility index (Phi) is 4.85. The van der Waals surface area contributed by atoms with Crippen molar-refractivity contribution in [2.24, 2.45) is 0 Å². The maximum atomic E-state index is 12.9. The molecule has 3 rings (SSSR count). The fourth-order valence-corrected chi connectivity index (χ4v) is 4.34. The first-order valence-corrected chi connectivity index (χ1v) is 8.92. The van der Waals surface area contributed by atoms with Gasteiger partial charge in [-0.1, -0.05) is 0 Å². The molecular weight excluding hydrogens is 335 g/mol. The Morgan fingerprint density at radius 1 is 0.636 bits per heavy atom. The van der Waals surface area contributed by atoms with Crippen molar-refractivity contribution in [3.8, 4) is 0 Å². The van der Waals surface area contributed by atoms with Crippen LogP contribution >= 0.6 is 0 Å². The van der Waals surface area contributed by atoms with Gasteiger partial charge in [-0.3, -0.25) is 0 Å². The molecule has 0 saturated heterocycles. The van der Waals surface area contributed by atoms with Gasteiger partial charge in [0.05, 0.1) is 0 Å².